The van der Waals surface area contributed by atoms with Crippen molar-refractivity contribution >= 4 is 44.7 Å². The van der Waals surface area contributed by atoms with Crippen molar-refractivity contribution in [3.8, 4) is 0 Å². The molecule has 0 aliphatic carbocycles. The van der Waals surface area contributed by atoms with Crippen molar-refractivity contribution in [1.82, 2.24) is 20.2 Å². The van der Waals surface area contributed by atoms with E-state index in [0.29, 0.717) is 10.7 Å². The molecule has 0 bridgehead atoms. The first-order valence-corrected chi connectivity index (χ1v) is 6.17. The van der Waals surface area contributed by atoms with Gasteiger partial charge in [0.05, 0.1) is 16.6 Å². The van der Waals surface area contributed by atoms with Gasteiger partial charge in [0.2, 0.25) is 5.65 Å². The molecule has 2 heterocycles. The molecule has 5 heteroatoms. The summed E-state index contributed by atoms with van der Waals surface area (Å²) in [6.07, 6.45) is 0. The highest BCUT2D eigenvalue weighted by atomic mass is 35.5. The summed E-state index contributed by atoms with van der Waals surface area (Å²) in [6.45, 7) is 0. The highest BCUT2D eigenvalue weighted by Crippen LogP contribution is 2.22. The lowest BCUT2D eigenvalue weighted by Crippen LogP contribution is -1.94. The Hall–Kier alpha value is -2.33. The molecule has 0 aliphatic heterocycles. The van der Waals surface area contributed by atoms with E-state index in [2.05, 4.69) is 20.2 Å². The molecule has 4 aromatic rings. The van der Waals surface area contributed by atoms with E-state index >= 15 is 0 Å². The minimum absolute atomic E-state index is 0.536. The Labute approximate surface area is 113 Å². The minimum atomic E-state index is 0.536. The van der Waals surface area contributed by atoms with Crippen LogP contribution in [0.4, 0.5) is 0 Å². The smallest absolute Gasteiger partial charge is 0.201 e. The topological polar surface area (TPSA) is 51.6 Å². The van der Waals surface area contributed by atoms with Crippen LogP contribution in [0, 0.1) is 0 Å². The van der Waals surface area contributed by atoms with Crippen LogP contribution in [-0.4, -0.2) is 20.2 Å². The first kappa shape index (κ1) is 10.6. The van der Waals surface area contributed by atoms with Crippen molar-refractivity contribution < 1.29 is 0 Å². The van der Waals surface area contributed by atoms with Crippen LogP contribution in [0.3, 0.4) is 0 Å². The number of aromatic nitrogens is 4. The Kier molecular flexibility index (Phi) is 2.13. The summed E-state index contributed by atoms with van der Waals surface area (Å²) < 4.78 is 0. The van der Waals surface area contributed by atoms with E-state index in [0.717, 1.165) is 27.5 Å². The summed E-state index contributed by atoms with van der Waals surface area (Å²) in [5.41, 5.74) is 3.64. The fraction of sp³-hybridized carbons (Fsp3) is 0. The lowest BCUT2D eigenvalue weighted by molar-refractivity contribution is 1.09. The van der Waals surface area contributed by atoms with E-state index in [1.807, 2.05) is 30.3 Å². The highest BCUT2D eigenvalue weighted by Gasteiger charge is 2.07. The zero-order chi connectivity index (χ0) is 12.8. The van der Waals surface area contributed by atoms with Gasteiger partial charge >= 0.3 is 0 Å². The standard InChI is InChI=1S/C14H7ClN4/c15-8-5-6-11-12(7-8)17-14-13(16-11)9-3-1-2-4-10(9)18-19-14/h1-7H. The second-order valence-electron chi connectivity index (χ2n) is 4.25. The van der Waals surface area contributed by atoms with Gasteiger partial charge in [-0.2, -0.15) is 0 Å². The number of fused-ring (bicyclic) bond motifs is 4. The first-order chi connectivity index (χ1) is 9.31. The Morgan fingerprint density at radius 2 is 1.68 bits per heavy atom. The Bertz CT molecular complexity index is 936. The van der Waals surface area contributed by atoms with E-state index in [1.165, 1.54) is 0 Å². The highest BCUT2D eigenvalue weighted by molar-refractivity contribution is 6.31. The van der Waals surface area contributed by atoms with Crippen LogP contribution >= 0.6 is 11.6 Å². The van der Waals surface area contributed by atoms with Gasteiger partial charge in [0.25, 0.3) is 0 Å². The largest absolute Gasteiger partial charge is 0.242 e. The third-order valence-electron chi connectivity index (χ3n) is 3.02. The van der Waals surface area contributed by atoms with Crippen LogP contribution in [0.2, 0.25) is 5.02 Å². The fourth-order valence-corrected chi connectivity index (χ4v) is 2.30. The monoisotopic (exact) mass is 266 g/mol. The molecule has 0 saturated carbocycles. The van der Waals surface area contributed by atoms with Gasteiger partial charge in [0.1, 0.15) is 5.52 Å². The first-order valence-electron chi connectivity index (χ1n) is 5.80. The lowest BCUT2D eigenvalue weighted by atomic mass is 10.2. The van der Waals surface area contributed by atoms with Crippen molar-refractivity contribution in [2.24, 2.45) is 0 Å². The lowest BCUT2D eigenvalue weighted by Gasteiger charge is -2.03. The maximum absolute atomic E-state index is 5.96. The van der Waals surface area contributed by atoms with E-state index in [-0.39, 0.29) is 0 Å². The summed E-state index contributed by atoms with van der Waals surface area (Å²) >= 11 is 5.96. The number of hydrogen-bond acceptors (Lipinski definition) is 4. The summed E-state index contributed by atoms with van der Waals surface area (Å²) in [7, 11) is 0. The van der Waals surface area contributed by atoms with E-state index in [1.54, 1.807) is 12.1 Å². The van der Waals surface area contributed by atoms with Crippen molar-refractivity contribution in [2.75, 3.05) is 0 Å². The molecule has 0 aliphatic rings. The molecular formula is C14H7ClN4. The van der Waals surface area contributed by atoms with Crippen molar-refractivity contribution in [3.05, 3.63) is 47.5 Å². The van der Waals surface area contributed by atoms with Gasteiger partial charge in [-0.25, -0.2) is 9.97 Å². The molecule has 0 atom stereocenters. The number of benzene rings is 2. The summed E-state index contributed by atoms with van der Waals surface area (Å²) in [5.74, 6) is 0. The van der Waals surface area contributed by atoms with Gasteiger partial charge in [-0.1, -0.05) is 29.8 Å². The van der Waals surface area contributed by atoms with Gasteiger partial charge in [-0.3, -0.25) is 0 Å². The van der Waals surface area contributed by atoms with Crippen molar-refractivity contribution in [2.45, 2.75) is 0 Å². The SMILES string of the molecule is Clc1ccc2nc3c(nnc4ccccc43)nc2c1. The molecular weight excluding hydrogens is 260 g/mol. The normalized spacial score (nSPS) is 11.4. The molecule has 2 aromatic heterocycles. The number of hydrogen-bond donors (Lipinski definition) is 0. The number of halogens is 1. The quantitative estimate of drug-likeness (QED) is 0.362. The van der Waals surface area contributed by atoms with Crippen molar-refractivity contribution in [3.63, 3.8) is 0 Å². The molecule has 4 nitrogen and oxygen atoms in total. The zero-order valence-corrected chi connectivity index (χ0v) is 10.5. The predicted molar refractivity (Wildman–Crippen MR) is 75.2 cm³/mol. The summed E-state index contributed by atoms with van der Waals surface area (Å²) in [6, 6.07) is 13.2. The fourth-order valence-electron chi connectivity index (χ4n) is 2.13. The van der Waals surface area contributed by atoms with Crippen LogP contribution in [-0.2, 0) is 0 Å². The van der Waals surface area contributed by atoms with Crippen LogP contribution in [0.25, 0.3) is 33.1 Å². The average Bonchev–Trinajstić information content (AvgIpc) is 2.45. The van der Waals surface area contributed by atoms with E-state index < -0.39 is 0 Å². The molecule has 0 unspecified atom stereocenters. The second-order valence-corrected chi connectivity index (χ2v) is 4.68. The van der Waals surface area contributed by atoms with Gasteiger partial charge < -0.3 is 0 Å². The third-order valence-corrected chi connectivity index (χ3v) is 3.25. The third kappa shape index (κ3) is 1.61. The molecule has 0 amide bonds. The molecule has 0 spiro atoms. The number of rotatable bonds is 0. The Morgan fingerprint density at radius 1 is 0.789 bits per heavy atom. The molecule has 19 heavy (non-hydrogen) atoms. The maximum atomic E-state index is 5.96. The predicted octanol–water partition coefficient (Wildman–Crippen LogP) is 3.38. The van der Waals surface area contributed by atoms with Gasteiger partial charge in [-0.15, -0.1) is 10.2 Å². The molecule has 0 N–H and O–H groups in total. The molecule has 4 rings (SSSR count). The van der Waals surface area contributed by atoms with Gasteiger partial charge in [-0.05, 0) is 24.3 Å². The molecule has 2 aromatic carbocycles. The Balaban J connectivity index is 2.22. The second kappa shape index (κ2) is 3.83. The molecule has 0 radical (unpaired) electrons. The zero-order valence-electron chi connectivity index (χ0n) is 9.71. The van der Waals surface area contributed by atoms with Gasteiger partial charge in [0, 0.05) is 10.4 Å². The molecule has 90 valence electrons. The van der Waals surface area contributed by atoms with E-state index in [4.69, 9.17) is 11.6 Å². The van der Waals surface area contributed by atoms with Crippen molar-refractivity contribution in [1.29, 1.82) is 0 Å². The maximum Gasteiger partial charge on any atom is 0.201 e. The molecule has 0 saturated heterocycles. The van der Waals surface area contributed by atoms with Crippen LogP contribution in [0.1, 0.15) is 0 Å². The molecule has 0 fully saturated rings. The summed E-state index contributed by atoms with van der Waals surface area (Å²) in [4.78, 5) is 9.09. The summed E-state index contributed by atoms with van der Waals surface area (Å²) in [5, 5.41) is 9.87. The van der Waals surface area contributed by atoms with Crippen LogP contribution in [0.15, 0.2) is 42.5 Å². The average molecular weight is 267 g/mol. The Morgan fingerprint density at radius 3 is 2.63 bits per heavy atom. The number of nitrogens with zero attached hydrogens (tertiary/aromatic N) is 4. The van der Waals surface area contributed by atoms with Gasteiger partial charge in [0.15, 0.2) is 0 Å². The van der Waals surface area contributed by atoms with Crippen LogP contribution in [0.5, 0.6) is 0 Å². The van der Waals surface area contributed by atoms with Crippen LogP contribution < -0.4 is 0 Å². The minimum Gasteiger partial charge on any atom is -0.242 e. The van der Waals surface area contributed by atoms with E-state index in [9.17, 15) is 0 Å².